The van der Waals surface area contributed by atoms with Gasteiger partial charge in [-0.3, -0.25) is 0 Å². The summed E-state index contributed by atoms with van der Waals surface area (Å²) in [6.45, 7) is 4.30. The standard InChI is InChI=1S/C52H35NS/c1-32-19-24-35(25-20-32)53(36-26-21-33(2)22-27-36)52-44-17-9-7-15-42(44)51(43-16-8-10-18-45(43)52)34-23-28-41-48-30-46-39-13-5-3-11-37(39)38-12-4-6-14-40(38)47(46)31-50(48)54-49(41)29-34/h3-31H,1-2H3. The van der Waals surface area contributed by atoms with Gasteiger partial charge in [-0.2, -0.15) is 0 Å². The van der Waals surface area contributed by atoms with E-state index < -0.39 is 0 Å². The predicted molar refractivity (Wildman–Crippen MR) is 236 cm³/mol. The molecular formula is C52H35NS. The first-order valence-corrected chi connectivity index (χ1v) is 19.5. The van der Waals surface area contributed by atoms with Crippen molar-refractivity contribution in [2.45, 2.75) is 13.8 Å². The van der Waals surface area contributed by atoms with Crippen LogP contribution in [0.15, 0.2) is 176 Å². The lowest BCUT2D eigenvalue weighted by Crippen LogP contribution is -2.11. The molecule has 1 nitrogen and oxygen atoms in total. The average molecular weight is 706 g/mol. The maximum atomic E-state index is 2.45. The lowest BCUT2D eigenvalue weighted by Gasteiger charge is -2.29. The van der Waals surface area contributed by atoms with Gasteiger partial charge in [-0.05, 0) is 111 Å². The second kappa shape index (κ2) is 12.0. The Morgan fingerprint density at radius 2 is 0.759 bits per heavy atom. The van der Waals surface area contributed by atoms with Crippen molar-refractivity contribution in [1.82, 2.24) is 0 Å². The minimum atomic E-state index is 1.15. The van der Waals surface area contributed by atoms with Crippen LogP contribution >= 0.6 is 11.3 Å². The van der Waals surface area contributed by atoms with Gasteiger partial charge in [0.05, 0.1) is 5.69 Å². The number of hydrogen-bond donors (Lipinski definition) is 0. The van der Waals surface area contributed by atoms with E-state index in [4.69, 9.17) is 0 Å². The molecule has 0 bridgehead atoms. The molecule has 1 heterocycles. The molecule has 0 aliphatic carbocycles. The molecule has 10 aromatic carbocycles. The summed E-state index contributed by atoms with van der Waals surface area (Å²) in [5.74, 6) is 0. The lowest BCUT2D eigenvalue weighted by molar-refractivity contribution is 1.29. The van der Waals surface area contributed by atoms with Crippen LogP contribution in [0.3, 0.4) is 0 Å². The summed E-state index contributed by atoms with van der Waals surface area (Å²) in [5, 5.41) is 15.5. The van der Waals surface area contributed by atoms with Crippen LogP contribution in [0.1, 0.15) is 11.1 Å². The molecule has 0 radical (unpaired) electrons. The van der Waals surface area contributed by atoms with Crippen molar-refractivity contribution in [2.24, 2.45) is 0 Å². The van der Waals surface area contributed by atoms with E-state index >= 15 is 0 Å². The zero-order valence-electron chi connectivity index (χ0n) is 30.1. The first kappa shape index (κ1) is 31.1. The number of fused-ring (bicyclic) bond motifs is 11. The van der Waals surface area contributed by atoms with E-state index in [1.165, 1.54) is 102 Å². The van der Waals surface area contributed by atoms with Gasteiger partial charge in [-0.1, -0.05) is 145 Å². The third kappa shape index (κ3) is 4.70. The molecule has 0 N–H and O–H groups in total. The third-order valence-electron chi connectivity index (χ3n) is 11.3. The molecule has 0 fully saturated rings. The van der Waals surface area contributed by atoms with Crippen LogP contribution in [0.5, 0.6) is 0 Å². The second-order valence-electron chi connectivity index (χ2n) is 14.6. The van der Waals surface area contributed by atoms with Crippen LogP contribution in [0.25, 0.3) is 85.2 Å². The highest BCUT2D eigenvalue weighted by atomic mass is 32.1. The molecule has 1 aromatic heterocycles. The van der Waals surface area contributed by atoms with Crippen LogP contribution in [0.2, 0.25) is 0 Å². The zero-order valence-corrected chi connectivity index (χ0v) is 30.9. The molecule has 0 aliphatic rings. The number of thiophene rings is 1. The Kier molecular flexibility index (Phi) is 6.92. The quantitative estimate of drug-likeness (QED) is 0.130. The van der Waals surface area contributed by atoms with E-state index in [9.17, 15) is 0 Å². The van der Waals surface area contributed by atoms with E-state index in [2.05, 4.69) is 195 Å². The van der Waals surface area contributed by atoms with Gasteiger partial charge in [-0.25, -0.2) is 0 Å². The SMILES string of the molecule is Cc1ccc(N(c2ccc(C)cc2)c2c3ccccc3c(-c3ccc4c(c3)sc3cc5c6ccccc6c6ccccc6c5cc34)c3ccccc23)cc1. The smallest absolute Gasteiger partial charge is 0.0618 e. The van der Waals surface area contributed by atoms with Crippen LogP contribution < -0.4 is 4.90 Å². The van der Waals surface area contributed by atoms with Crippen molar-refractivity contribution in [3.8, 4) is 11.1 Å². The molecular weight excluding hydrogens is 671 g/mol. The van der Waals surface area contributed by atoms with Crippen LogP contribution in [-0.2, 0) is 0 Å². The summed E-state index contributed by atoms with van der Waals surface area (Å²) in [4.78, 5) is 2.45. The van der Waals surface area contributed by atoms with Crippen molar-refractivity contribution < 1.29 is 0 Å². The maximum Gasteiger partial charge on any atom is 0.0618 e. The van der Waals surface area contributed by atoms with Gasteiger partial charge in [0.2, 0.25) is 0 Å². The van der Waals surface area contributed by atoms with Crippen molar-refractivity contribution in [2.75, 3.05) is 4.90 Å². The van der Waals surface area contributed by atoms with Gasteiger partial charge in [0.1, 0.15) is 0 Å². The van der Waals surface area contributed by atoms with Crippen molar-refractivity contribution in [3.05, 3.63) is 187 Å². The molecule has 0 unspecified atom stereocenters. The summed E-state index contributed by atoms with van der Waals surface area (Å²) in [6, 6.07) is 65.5. The third-order valence-corrected chi connectivity index (χ3v) is 12.5. The summed E-state index contributed by atoms with van der Waals surface area (Å²) < 4.78 is 2.64. The average Bonchev–Trinajstić information content (AvgIpc) is 3.58. The first-order valence-electron chi connectivity index (χ1n) is 18.7. The van der Waals surface area contributed by atoms with Crippen molar-refractivity contribution >= 4 is 102 Å². The zero-order chi connectivity index (χ0) is 35.9. The molecule has 2 heteroatoms. The number of nitrogens with zero attached hydrogens (tertiary/aromatic N) is 1. The van der Waals surface area contributed by atoms with Crippen molar-refractivity contribution in [3.63, 3.8) is 0 Å². The summed E-state index contributed by atoms with van der Waals surface area (Å²) >= 11 is 1.91. The number of benzene rings is 10. The fourth-order valence-electron chi connectivity index (χ4n) is 8.78. The van der Waals surface area contributed by atoms with Crippen LogP contribution in [0, 0.1) is 13.8 Å². The fraction of sp³-hybridized carbons (Fsp3) is 0.0385. The first-order chi connectivity index (χ1) is 26.6. The Hall–Kier alpha value is -6.48. The van der Waals surface area contributed by atoms with E-state index in [0.29, 0.717) is 0 Å². The highest BCUT2D eigenvalue weighted by molar-refractivity contribution is 7.26. The monoisotopic (exact) mass is 705 g/mol. The Balaban J connectivity index is 1.17. The molecule has 0 amide bonds. The Labute approximate surface area is 318 Å². The van der Waals surface area contributed by atoms with Gasteiger partial charge in [0.25, 0.3) is 0 Å². The minimum Gasteiger partial charge on any atom is -0.309 e. The van der Waals surface area contributed by atoms with E-state index in [1.54, 1.807) is 0 Å². The van der Waals surface area contributed by atoms with E-state index in [-0.39, 0.29) is 0 Å². The fourth-order valence-corrected chi connectivity index (χ4v) is 9.95. The summed E-state index contributed by atoms with van der Waals surface area (Å²) in [6.07, 6.45) is 0. The Bertz CT molecular complexity index is 3180. The van der Waals surface area contributed by atoms with Gasteiger partial charge in [0.15, 0.2) is 0 Å². The largest absolute Gasteiger partial charge is 0.309 e. The Morgan fingerprint density at radius 1 is 0.333 bits per heavy atom. The van der Waals surface area contributed by atoms with Gasteiger partial charge >= 0.3 is 0 Å². The molecule has 11 rings (SSSR count). The highest BCUT2D eigenvalue weighted by Crippen LogP contribution is 2.49. The number of anilines is 3. The maximum absolute atomic E-state index is 2.45. The molecule has 0 atom stereocenters. The lowest BCUT2D eigenvalue weighted by atomic mass is 9.89. The molecule has 0 aliphatic heterocycles. The van der Waals surface area contributed by atoms with Gasteiger partial charge in [-0.15, -0.1) is 11.3 Å². The van der Waals surface area contributed by atoms with Crippen LogP contribution in [-0.4, -0.2) is 0 Å². The minimum absolute atomic E-state index is 1.15. The normalized spacial score (nSPS) is 11.9. The second-order valence-corrected chi connectivity index (χ2v) is 15.7. The van der Waals surface area contributed by atoms with E-state index in [0.717, 1.165) is 11.4 Å². The Morgan fingerprint density at radius 3 is 1.28 bits per heavy atom. The topological polar surface area (TPSA) is 3.24 Å². The predicted octanol–water partition coefficient (Wildman–Crippen LogP) is 15.6. The number of aryl methyl sites for hydroxylation is 2. The summed E-state index contributed by atoms with van der Waals surface area (Å²) in [5.41, 5.74) is 8.51. The van der Waals surface area contributed by atoms with Gasteiger partial charge in [0, 0.05) is 42.3 Å². The number of hydrogen-bond acceptors (Lipinski definition) is 2. The molecule has 254 valence electrons. The molecule has 11 aromatic rings. The summed E-state index contributed by atoms with van der Waals surface area (Å²) in [7, 11) is 0. The van der Waals surface area contributed by atoms with Crippen LogP contribution in [0.4, 0.5) is 17.1 Å². The molecule has 0 saturated carbocycles. The molecule has 0 spiro atoms. The molecule has 54 heavy (non-hydrogen) atoms. The highest BCUT2D eigenvalue weighted by Gasteiger charge is 2.22. The van der Waals surface area contributed by atoms with Crippen molar-refractivity contribution in [1.29, 1.82) is 0 Å². The number of rotatable bonds is 4. The van der Waals surface area contributed by atoms with E-state index in [1.807, 2.05) is 11.3 Å². The molecule has 0 saturated heterocycles. The van der Waals surface area contributed by atoms with Gasteiger partial charge < -0.3 is 4.90 Å².